The SMILES string of the molecule is CSc1ccc([N+](=O)[O-])c(C(=O)Nc2cc(Cl)ccc2-n2cncn2)c1. The van der Waals surface area contributed by atoms with E-state index in [1.54, 1.807) is 24.3 Å². The summed E-state index contributed by atoms with van der Waals surface area (Å²) in [7, 11) is 0. The summed E-state index contributed by atoms with van der Waals surface area (Å²) in [6.45, 7) is 0. The first-order chi connectivity index (χ1) is 12.5. The van der Waals surface area contributed by atoms with Crippen LogP contribution in [0.4, 0.5) is 11.4 Å². The molecule has 1 aromatic heterocycles. The Bertz CT molecular complexity index is 978. The van der Waals surface area contributed by atoms with Gasteiger partial charge >= 0.3 is 0 Å². The van der Waals surface area contributed by atoms with Crippen LogP contribution in [0.2, 0.25) is 5.02 Å². The molecule has 0 aliphatic rings. The molecule has 1 amide bonds. The molecule has 8 nitrogen and oxygen atoms in total. The lowest BCUT2D eigenvalue weighted by Crippen LogP contribution is -2.16. The van der Waals surface area contributed by atoms with Gasteiger partial charge in [0, 0.05) is 16.0 Å². The highest BCUT2D eigenvalue weighted by atomic mass is 35.5. The van der Waals surface area contributed by atoms with E-state index in [9.17, 15) is 14.9 Å². The van der Waals surface area contributed by atoms with E-state index in [1.807, 2.05) is 6.26 Å². The van der Waals surface area contributed by atoms with E-state index >= 15 is 0 Å². The predicted molar refractivity (Wildman–Crippen MR) is 99.2 cm³/mol. The number of thioether (sulfide) groups is 1. The maximum Gasteiger partial charge on any atom is 0.282 e. The standard InChI is InChI=1S/C16H12ClN5O3S/c1-26-11-3-5-14(22(24)25)12(7-11)16(23)20-13-6-10(17)2-4-15(13)21-9-18-8-19-21/h2-9H,1H3,(H,20,23). The zero-order valence-electron chi connectivity index (χ0n) is 13.4. The molecule has 0 aliphatic heterocycles. The van der Waals surface area contributed by atoms with Crippen LogP contribution in [0.3, 0.4) is 0 Å². The molecule has 0 saturated carbocycles. The Labute approximate surface area is 157 Å². The number of carbonyl (C=O) groups is 1. The van der Waals surface area contributed by atoms with Crippen LogP contribution in [-0.4, -0.2) is 31.9 Å². The molecule has 132 valence electrons. The molecule has 0 unspecified atom stereocenters. The minimum atomic E-state index is -0.615. The lowest BCUT2D eigenvalue weighted by molar-refractivity contribution is -0.385. The van der Waals surface area contributed by atoms with Gasteiger partial charge in [-0.25, -0.2) is 9.67 Å². The van der Waals surface area contributed by atoms with Crippen LogP contribution in [0.15, 0.2) is 53.9 Å². The number of nitrogens with one attached hydrogen (secondary N) is 1. The molecule has 0 radical (unpaired) electrons. The van der Waals surface area contributed by atoms with Crippen LogP contribution < -0.4 is 5.32 Å². The van der Waals surface area contributed by atoms with E-state index in [4.69, 9.17) is 11.6 Å². The van der Waals surface area contributed by atoms with E-state index in [0.717, 1.165) is 4.90 Å². The van der Waals surface area contributed by atoms with Crippen molar-refractivity contribution in [2.24, 2.45) is 0 Å². The Kier molecular flexibility index (Phi) is 5.19. The van der Waals surface area contributed by atoms with Crippen LogP contribution in [0.5, 0.6) is 0 Å². The number of aromatic nitrogens is 3. The van der Waals surface area contributed by atoms with E-state index in [-0.39, 0.29) is 11.3 Å². The summed E-state index contributed by atoms with van der Waals surface area (Å²) in [6.07, 6.45) is 4.64. The monoisotopic (exact) mass is 389 g/mol. The summed E-state index contributed by atoms with van der Waals surface area (Å²) in [4.78, 5) is 28.0. The fourth-order valence-electron chi connectivity index (χ4n) is 2.31. The highest BCUT2D eigenvalue weighted by molar-refractivity contribution is 7.98. The number of hydrogen-bond donors (Lipinski definition) is 1. The Morgan fingerprint density at radius 2 is 2.12 bits per heavy atom. The average Bonchev–Trinajstić information content (AvgIpc) is 3.15. The number of nitro groups is 1. The number of halogens is 1. The minimum Gasteiger partial charge on any atom is -0.320 e. The quantitative estimate of drug-likeness (QED) is 0.404. The third-order valence-electron chi connectivity index (χ3n) is 3.52. The molecule has 3 aromatic rings. The normalized spacial score (nSPS) is 10.5. The van der Waals surface area contributed by atoms with Gasteiger partial charge in [0.1, 0.15) is 18.2 Å². The number of anilines is 1. The molecule has 0 fully saturated rings. The molecule has 26 heavy (non-hydrogen) atoms. The Morgan fingerprint density at radius 3 is 2.77 bits per heavy atom. The molecule has 2 aromatic carbocycles. The number of nitrogens with zero attached hydrogens (tertiary/aromatic N) is 4. The van der Waals surface area contributed by atoms with Crippen LogP contribution >= 0.6 is 23.4 Å². The maximum atomic E-state index is 12.7. The Morgan fingerprint density at radius 1 is 1.31 bits per heavy atom. The van der Waals surface area contributed by atoms with Gasteiger partial charge in [-0.3, -0.25) is 14.9 Å². The topological polar surface area (TPSA) is 103 Å². The summed E-state index contributed by atoms with van der Waals surface area (Å²) >= 11 is 7.41. The van der Waals surface area contributed by atoms with Crippen LogP contribution in [0, 0.1) is 10.1 Å². The van der Waals surface area contributed by atoms with Crippen molar-refractivity contribution in [3.05, 3.63) is 69.8 Å². The van der Waals surface area contributed by atoms with Crippen LogP contribution in [0.25, 0.3) is 5.69 Å². The van der Waals surface area contributed by atoms with Crippen LogP contribution in [0.1, 0.15) is 10.4 Å². The fourth-order valence-corrected chi connectivity index (χ4v) is 2.93. The van der Waals surface area contributed by atoms with Crippen molar-refractivity contribution in [3.63, 3.8) is 0 Å². The van der Waals surface area contributed by atoms with Crippen molar-refractivity contribution in [1.82, 2.24) is 14.8 Å². The molecule has 10 heteroatoms. The first-order valence-electron chi connectivity index (χ1n) is 7.28. The average molecular weight is 390 g/mol. The van der Waals surface area contributed by atoms with Crippen LogP contribution in [-0.2, 0) is 0 Å². The van der Waals surface area contributed by atoms with E-state index in [0.29, 0.717) is 16.4 Å². The van der Waals surface area contributed by atoms with Gasteiger partial charge in [-0.15, -0.1) is 11.8 Å². The molecule has 3 rings (SSSR count). The number of nitro benzene ring substituents is 1. The highest BCUT2D eigenvalue weighted by Gasteiger charge is 2.22. The molecular weight excluding hydrogens is 378 g/mol. The number of amides is 1. The summed E-state index contributed by atoms with van der Waals surface area (Å²) in [6, 6.07) is 9.25. The minimum absolute atomic E-state index is 0.0358. The van der Waals surface area contributed by atoms with Crippen molar-refractivity contribution >= 4 is 40.6 Å². The largest absolute Gasteiger partial charge is 0.320 e. The van der Waals surface area contributed by atoms with Crippen molar-refractivity contribution in [1.29, 1.82) is 0 Å². The molecule has 0 aliphatic carbocycles. The smallest absolute Gasteiger partial charge is 0.282 e. The van der Waals surface area contributed by atoms with Gasteiger partial charge in [0.05, 0.1) is 16.3 Å². The summed E-state index contributed by atoms with van der Waals surface area (Å²) in [5.74, 6) is -0.615. The molecular formula is C16H12ClN5O3S. The summed E-state index contributed by atoms with van der Waals surface area (Å²) in [5, 5.41) is 18.4. The van der Waals surface area contributed by atoms with Gasteiger partial charge in [-0.05, 0) is 36.6 Å². The second kappa shape index (κ2) is 7.54. The van der Waals surface area contributed by atoms with Crippen molar-refractivity contribution < 1.29 is 9.72 Å². The lowest BCUT2D eigenvalue weighted by Gasteiger charge is -2.12. The molecule has 1 heterocycles. The van der Waals surface area contributed by atoms with Gasteiger partial charge in [-0.2, -0.15) is 5.10 Å². The molecule has 1 N–H and O–H groups in total. The lowest BCUT2D eigenvalue weighted by atomic mass is 10.1. The van der Waals surface area contributed by atoms with E-state index in [1.165, 1.54) is 41.2 Å². The van der Waals surface area contributed by atoms with Gasteiger partial charge in [0.15, 0.2) is 0 Å². The third-order valence-corrected chi connectivity index (χ3v) is 4.48. The highest BCUT2D eigenvalue weighted by Crippen LogP contribution is 2.28. The van der Waals surface area contributed by atoms with Gasteiger partial charge in [0.2, 0.25) is 0 Å². The summed E-state index contributed by atoms with van der Waals surface area (Å²) < 4.78 is 1.46. The molecule has 0 bridgehead atoms. The first-order valence-corrected chi connectivity index (χ1v) is 8.88. The molecule has 0 atom stereocenters. The number of hydrogen-bond acceptors (Lipinski definition) is 6. The van der Waals surface area contributed by atoms with E-state index in [2.05, 4.69) is 15.4 Å². The Balaban J connectivity index is 2.01. The first kappa shape index (κ1) is 17.9. The van der Waals surface area contributed by atoms with Crippen molar-refractivity contribution in [2.75, 3.05) is 11.6 Å². The predicted octanol–water partition coefficient (Wildman–Crippen LogP) is 3.80. The molecule has 0 saturated heterocycles. The second-order valence-electron chi connectivity index (χ2n) is 5.10. The third kappa shape index (κ3) is 3.68. The second-order valence-corrected chi connectivity index (χ2v) is 6.41. The van der Waals surface area contributed by atoms with Crippen molar-refractivity contribution in [2.45, 2.75) is 4.90 Å². The number of benzene rings is 2. The van der Waals surface area contributed by atoms with Gasteiger partial charge in [-0.1, -0.05) is 11.6 Å². The van der Waals surface area contributed by atoms with Gasteiger partial charge in [0.25, 0.3) is 11.6 Å². The van der Waals surface area contributed by atoms with E-state index < -0.39 is 10.8 Å². The van der Waals surface area contributed by atoms with Gasteiger partial charge < -0.3 is 5.32 Å². The summed E-state index contributed by atoms with van der Waals surface area (Å²) in [5.41, 5.74) is 0.580. The number of rotatable bonds is 5. The zero-order valence-corrected chi connectivity index (χ0v) is 15.0. The van der Waals surface area contributed by atoms with Crippen molar-refractivity contribution in [3.8, 4) is 5.69 Å². The zero-order chi connectivity index (χ0) is 18.7. The number of carbonyl (C=O) groups excluding carboxylic acids is 1. The Hall–Kier alpha value is -2.91. The fraction of sp³-hybridized carbons (Fsp3) is 0.0625. The maximum absolute atomic E-state index is 12.7. The molecule has 0 spiro atoms.